The molecular weight excluding hydrogens is 503 g/mol. The van der Waals surface area contributed by atoms with E-state index >= 15 is 0 Å². The predicted octanol–water partition coefficient (Wildman–Crippen LogP) is 2.61. The first-order valence-corrected chi connectivity index (χ1v) is 13.1. The number of hydrogen-bond donors (Lipinski definition) is 3. The number of hydrogen-bond acceptors (Lipinski definition) is 7. The van der Waals surface area contributed by atoms with Crippen LogP contribution in [0.4, 0.5) is 18.9 Å². The number of nitrogens with one attached hydrogen (secondary N) is 1. The van der Waals surface area contributed by atoms with E-state index in [1.807, 2.05) is 4.90 Å². The van der Waals surface area contributed by atoms with Crippen molar-refractivity contribution in [2.75, 3.05) is 44.3 Å². The van der Waals surface area contributed by atoms with Crippen LogP contribution < -0.4 is 10.2 Å². The van der Waals surface area contributed by atoms with Crippen LogP contribution in [0.3, 0.4) is 0 Å². The Labute approximate surface area is 208 Å². The molecule has 35 heavy (non-hydrogen) atoms. The molecule has 0 radical (unpaired) electrons. The van der Waals surface area contributed by atoms with Gasteiger partial charge in [0.1, 0.15) is 0 Å². The molecule has 2 N–H and O–H groups in total. The quantitative estimate of drug-likeness (QED) is 0.477. The second-order valence-corrected chi connectivity index (χ2v) is 11.3. The molecule has 2 aliphatic rings. The highest BCUT2D eigenvalue weighted by molar-refractivity contribution is 7.90. The zero-order chi connectivity index (χ0) is 25.4. The van der Waals surface area contributed by atoms with Crippen LogP contribution in [0.1, 0.15) is 12.5 Å². The summed E-state index contributed by atoms with van der Waals surface area (Å²) in [7, 11) is -3.78. The number of aliphatic hydroxyl groups is 1. The Morgan fingerprint density at radius 1 is 1.11 bits per heavy atom. The van der Waals surface area contributed by atoms with Gasteiger partial charge in [0.15, 0.2) is 5.60 Å². The van der Waals surface area contributed by atoms with Gasteiger partial charge in [-0.15, -0.1) is 12.6 Å². The van der Waals surface area contributed by atoms with Gasteiger partial charge in [0.05, 0.1) is 30.2 Å². The molecule has 7 nitrogen and oxygen atoms in total. The predicted molar refractivity (Wildman–Crippen MR) is 128 cm³/mol. The molecule has 0 aromatic heterocycles. The fraction of sp³-hybridized carbons (Fsp3) is 0.478. The Kier molecular flexibility index (Phi) is 7.43. The zero-order valence-corrected chi connectivity index (χ0v) is 20.8. The van der Waals surface area contributed by atoms with Gasteiger partial charge in [-0.1, -0.05) is 24.3 Å². The lowest BCUT2D eigenvalue weighted by Gasteiger charge is -2.43. The van der Waals surface area contributed by atoms with E-state index in [4.69, 9.17) is 4.74 Å². The molecule has 2 fully saturated rings. The number of piperazine rings is 1. The van der Waals surface area contributed by atoms with Gasteiger partial charge in [0, 0.05) is 36.8 Å². The first-order valence-electron chi connectivity index (χ1n) is 11.2. The largest absolute Gasteiger partial charge is 0.421 e. The number of ether oxygens (including phenoxy) is 1. The van der Waals surface area contributed by atoms with E-state index in [0.717, 1.165) is 6.92 Å². The first kappa shape index (κ1) is 26.2. The van der Waals surface area contributed by atoms with Crippen molar-refractivity contribution in [2.45, 2.75) is 40.6 Å². The van der Waals surface area contributed by atoms with E-state index in [0.29, 0.717) is 36.9 Å². The van der Waals surface area contributed by atoms with E-state index in [1.165, 1.54) is 34.6 Å². The van der Waals surface area contributed by atoms with E-state index in [9.17, 15) is 26.7 Å². The van der Waals surface area contributed by atoms with Crippen molar-refractivity contribution in [3.63, 3.8) is 0 Å². The van der Waals surface area contributed by atoms with Crippen molar-refractivity contribution in [1.82, 2.24) is 9.62 Å². The molecule has 0 bridgehead atoms. The third-order valence-corrected chi connectivity index (χ3v) is 8.99. The van der Waals surface area contributed by atoms with Crippen LogP contribution in [0.2, 0.25) is 0 Å². The molecule has 0 saturated carbocycles. The van der Waals surface area contributed by atoms with Crippen LogP contribution in [0.15, 0.2) is 58.3 Å². The third-order valence-electron chi connectivity index (χ3n) is 6.52. The molecule has 4 rings (SSSR count). The molecule has 2 aromatic rings. The zero-order valence-electron chi connectivity index (χ0n) is 19.1. The van der Waals surface area contributed by atoms with Crippen LogP contribution in [0, 0.1) is 0 Å². The van der Waals surface area contributed by atoms with Crippen LogP contribution in [-0.2, 0) is 20.4 Å². The van der Waals surface area contributed by atoms with Gasteiger partial charge in [-0.3, -0.25) is 0 Å². The molecule has 2 aromatic carbocycles. The van der Waals surface area contributed by atoms with Gasteiger partial charge in [0.25, 0.3) is 0 Å². The molecule has 0 spiro atoms. The monoisotopic (exact) mass is 531 g/mol. The first-order chi connectivity index (χ1) is 16.4. The van der Waals surface area contributed by atoms with Crippen molar-refractivity contribution in [2.24, 2.45) is 0 Å². The number of alkyl halides is 3. The summed E-state index contributed by atoms with van der Waals surface area (Å²) in [5.74, 6) is 0. The Morgan fingerprint density at radius 3 is 2.34 bits per heavy atom. The number of sulfonamides is 1. The summed E-state index contributed by atoms with van der Waals surface area (Å²) in [4.78, 5) is 2.48. The summed E-state index contributed by atoms with van der Waals surface area (Å²) in [5.41, 5.74) is -2.58. The Balaban J connectivity index is 1.57. The van der Waals surface area contributed by atoms with Gasteiger partial charge >= 0.3 is 6.18 Å². The van der Waals surface area contributed by atoms with Crippen LogP contribution in [0.5, 0.6) is 0 Å². The summed E-state index contributed by atoms with van der Waals surface area (Å²) >= 11 is 4.31. The molecule has 2 saturated heterocycles. The average molecular weight is 532 g/mol. The van der Waals surface area contributed by atoms with E-state index in [1.54, 1.807) is 18.2 Å². The maximum Gasteiger partial charge on any atom is 0.421 e. The molecule has 12 heteroatoms. The lowest BCUT2D eigenvalue weighted by Crippen LogP contribution is -2.60. The van der Waals surface area contributed by atoms with Gasteiger partial charge in [-0.05, 0) is 36.8 Å². The fourth-order valence-corrected chi connectivity index (χ4v) is 6.23. The van der Waals surface area contributed by atoms with E-state index in [-0.39, 0.29) is 35.6 Å². The van der Waals surface area contributed by atoms with E-state index in [2.05, 4.69) is 17.9 Å². The highest BCUT2D eigenvalue weighted by atomic mass is 32.2. The number of thiol groups is 1. The number of anilines is 1. The maximum atomic E-state index is 13.3. The van der Waals surface area contributed by atoms with Gasteiger partial charge < -0.3 is 20.1 Å². The lowest BCUT2D eigenvalue weighted by molar-refractivity contribution is -0.258. The van der Waals surface area contributed by atoms with Gasteiger partial charge in [0.2, 0.25) is 10.0 Å². The third kappa shape index (κ3) is 5.32. The molecule has 192 valence electrons. The standard InChI is InChI=1S/C23H28F3N3O4S2/c1-22(30,23(24,25)26)16-6-8-18(9-7-16)29-11-10-28(13-19(29)12-27-17-14-33-15-17)35(31,32)21-5-3-2-4-20(21)34/h2-9,17,19,27,30,34H,10-15H2,1H3/t19-,22+/m0/s1. The smallest absolute Gasteiger partial charge is 0.378 e. The lowest BCUT2D eigenvalue weighted by atomic mass is 9.95. The number of rotatable bonds is 7. The number of halogens is 3. The summed E-state index contributed by atoms with van der Waals surface area (Å²) in [5, 5.41) is 13.3. The minimum absolute atomic E-state index is 0.134. The molecule has 2 heterocycles. The Morgan fingerprint density at radius 2 is 1.77 bits per heavy atom. The highest BCUT2D eigenvalue weighted by Gasteiger charge is 2.51. The summed E-state index contributed by atoms with van der Waals surface area (Å²) in [6.45, 7) is 3.06. The van der Waals surface area contributed by atoms with Crippen molar-refractivity contribution in [1.29, 1.82) is 0 Å². The molecule has 0 amide bonds. The molecule has 2 aliphatic heterocycles. The van der Waals surface area contributed by atoms with Crippen LogP contribution in [-0.4, -0.2) is 75.5 Å². The van der Waals surface area contributed by atoms with Crippen molar-refractivity contribution in [3.8, 4) is 0 Å². The van der Waals surface area contributed by atoms with Crippen molar-refractivity contribution in [3.05, 3.63) is 54.1 Å². The van der Waals surface area contributed by atoms with Crippen molar-refractivity contribution < 1.29 is 31.4 Å². The molecular formula is C23H28F3N3O4S2. The van der Waals surface area contributed by atoms with Crippen LogP contribution >= 0.6 is 12.6 Å². The second-order valence-electron chi connectivity index (χ2n) is 8.94. The highest BCUT2D eigenvalue weighted by Crippen LogP contribution is 2.39. The van der Waals surface area contributed by atoms with Gasteiger partial charge in [-0.2, -0.15) is 17.5 Å². The number of benzene rings is 2. The topological polar surface area (TPSA) is 82.1 Å². The summed E-state index contributed by atoms with van der Waals surface area (Å²) in [6.07, 6.45) is -4.81. The minimum atomic E-state index is -4.81. The second kappa shape index (κ2) is 9.91. The van der Waals surface area contributed by atoms with E-state index < -0.39 is 21.8 Å². The molecule has 0 unspecified atom stereocenters. The minimum Gasteiger partial charge on any atom is -0.378 e. The SMILES string of the molecule is C[C@@](O)(c1ccc(N2CCN(S(=O)(=O)c3ccccc3S)C[C@@H]2CNC2COC2)cc1)C(F)(F)F. The summed E-state index contributed by atoms with van der Waals surface area (Å²) in [6, 6.07) is 12.0. The number of nitrogens with zero attached hydrogens (tertiary/aromatic N) is 2. The fourth-order valence-electron chi connectivity index (χ4n) is 4.17. The molecule has 2 atom stereocenters. The van der Waals surface area contributed by atoms with Crippen LogP contribution in [0.25, 0.3) is 0 Å². The average Bonchev–Trinajstić information content (AvgIpc) is 2.77. The maximum absolute atomic E-state index is 13.3. The molecule has 0 aliphatic carbocycles. The Bertz CT molecular complexity index is 1140. The van der Waals surface area contributed by atoms with Crippen molar-refractivity contribution >= 4 is 28.3 Å². The van der Waals surface area contributed by atoms with Gasteiger partial charge in [-0.25, -0.2) is 8.42 Å². The summed E-state index contributed by atoms with van der Waals surface area (Å²) < 4.78 is 73.0. The normalized spacial score (nSPS) is 22.0. The Hall–Kier alpha value is -1.83.